The zero-order chi connectivity index (χ0) is 15.5. The lowest BCUT2D eigenvalue weighted by atomic mass is 9.90. The van der Waals surface area contributed by atoms with Crippen molar-refractivity contribution in [3.8, 4) is 0 Å². The van der Waals surface area contributed by atoms with Crippen LogP contribution in [0.2, 0.25) is 0 Å². The van der Waals surface area contributed by atoms with Gasteiger partial charge in [0.25, 0.3) is 0 Å². The second-order valence-corrected chi connectivity index (χ2v) is 6.59. The number of benzene rings is 1. The third kappa shape index (κ3) is 2.87. The molecule has 22 heavy (non-hydrogen) atoms. The maximum atomic E-state index is 11.9. The number of methoxy groups -OCH3 is 1. The molecule has 0 aliphatic heterocycles. The van der Waals surface area contributed by atoms with E-state index in [2.05, 4.69) is 49.1 Å². The van der Waals surface area contributed by atoms with Crippen molar-refractivity contribution in [2.75, 3.05) is 7.11 Å². The van der Waals surface area contributed by atoms with E-state index < -0.39 is 0 Å². The minimum absolute atomic E-state index is 0.0389. The molecule has 1 aromatic rings. The largest absolute Gasteiger partial charge is 0.469 e. The summed E-state index contributed by atoms with van der Waals surface area (Å²) in [4.78, 5) is 11.9. The zero-order valence-corrected chi connectivity index (χ0v) is 13.2. The molecule has 3 rings (SSSR count). The van der Waals surface area contributed by atoms with Crippen LogP contribution in [0.1, 0.15) is 24.8 Å². The molecule has 2 saturated carbocycles. The summed E-state index contributed by atoms with van der Waals surface area (Å²) in [5, 5.41) is 0. The summed E-state index contributed by atoms with van der Waals surface area (Å²) >= 11 is 0. The number of hydrogen-bond donors (Lipinski definition) is 0. The number of fused-ring (bicyclic) bond motifs is 1. The van der Waals surface area contributed by atoms with Crippen molar-refractivity contribution in [1.82, 2.24) is 0 Å². The van der Waals surface area contributed by atoms with Gasteiger partial charge in [0.15, 0.2) is 0 Å². The van der Waals surface area contributed by atoms with E-state index >= 15 is 0 Å². The number of carbonyl (C=O) groups is 1. The predicted octanol–water partition coefficient (Wildman–Crippen LogP) is 4.34. The highest BCUT2D eigenvalue weighted by atomic mass is 16.5. The second kappa shape index (κ2) is 6.51. The van der Waals surface area contributed by atoms with Gasteiger partial charge in [-0.1, -0.05) is 48.6 Å². The number of rotatable bonds is 4. The number of ether oxygens (including phenoxy) is 1. The highest BCUT2D eigenvalue weighted by Gasteiger charge is 2.48. The third-order valence-electron chi connectivity index (χ3n) is 5.48. The summed E-state index contributed by atoms with van der Waals surface area (Å²) < 4.78 is 4.95. The van der Waals surface area contributed by atoms with Crippen molar-refractivity contribution in [3.05, 3.63) is 54.6 Å². The molecule has 5 atom stereocenters. The average molecular weight is 296 g/mol. The van der Waals surface area contributed by atoms with Crippen LogP contribution in [0.3, 0.4) is 0 Å². The highest BCUT2D eigenvalue weighted by Crippen LogP contribution is 2.54. The van der Waals surface area contributed by atoms with Gasteiger partial charge in [-0.15, -0.1) is 6.58 Å². The van der Waals surface area contributed by atoms with E-state index in [1.165, 1.54) is 12.7 Å². The first-order chi connectivity index (χ1) is 10.7. The molecule has 5 unspecified atom stereocenters. The molecular formula is C20H24O2. The van der Waals surface area contributed by atoms with E-state index in [9.17, 15) is 4.79 Å². The number of carbonyl (C=O) groups excluding carboxylic acids is 1. The smallest absolute Gasteiger partial charge is 0.308 e. The van der Waals surface area contributed by atoms with Gasteiger partial charge in [0.1, 0.15) is 0 Å². The number of esters is 1. The van der Waals surface area contributed by atoms with Gasteiger partial charge in [-0.3, -0.25) is 4.79 Å². The third-order valence-corrected chi connectivity index (χ3v) is 5.48. The van der Waals surface area contributed by atoms with Gasteiger partial charge in [0.2, 0.25) is 0 Å². The Morgan fingerprint density at radius 1 is 1.14 bits per heavy atom. The minimum Gasteiger partial charge on any atom is -0.469 e. The molecule has 0 radical (unpaired) electrons. The molecule has 2 nitrogen and oxygen atoms in total. The Morgan fingerprint density at radius 3 is 2.45 bits per heavy atom. The number of hydrogen-bond acceptors (Lipinski definition) is 2. The summed E-state index contributed by atoms with van der Waals surface area (Å²) in [5.41, 5.74) is 1.24. The summed E-state index contributed by atoms with van der Waals surface area (Å²) in [6.45, 7) is 4.01. The fourth-order valence-corrected chi connectivity index (χ4v) is 4.40. The van der Waals surface area contributed by atoms with E-state index in [4.69, 9.17) is 4.74 Å². The van der Waals surface area contributed by atoms with E-state index in [1.54, 1.807) is 0 Å². The van der Waals surface area contributed by atoms with Crippen LogP contribution >= 0.6 is 0 Å². The molecule has 0 aromatic heterocycles. The minimum atomic E-state index is -0.0389. The molecule has 0 bridgehead atoms. The fraction of sp³-hybridized carbons (Fsp3) is 0.450. The molecular weight excluding hydrogens is 272 g/mol. The summed E-state index contributed by atoms with van der Waals surface area (Å²) in [7, 11) is 1.49. The Kier molecular flexibility index (Phi) is 4.47. The van der Waals surface area contributed by atoms with Gasteiger partial charge >= 0.3 is 5.97 Å². The van der Waals surface area contributed by atoms with E-state index in [1.807, 2.05) is 6.07 Å². The lowest BCUT2D eigenvalue weighted by Gasteiger charge is -2.15. The molecule has 0 amide bonds. The van der Waals surface area contributed by atoms with Crippen LogP contribution in [0.5, 0.6) is 0 Å². The van der Waals surface area contributed by atoms with Crippen LogP contribution in [-0.2, 0) is 9.53 Å². The van der Waals surface area contributed by atoms with Crippen molar-refractivity contribution in [2.24, 2.45) is 29.6 Å². The molecule has 2 aliphatic carbocycles. The van der Waals surface area contributed by atoms with Crippen molar-refractivity contribution in [3.63, 3.8) is 0 Å². The Labute approximate surface area is 132 Å². The zero-order valence-electron chi connectivity index (χ0n) is 13.2. The van der Waals surface area contributed by atoms with Gasteiger partial charge in [0.05, 0.1) is 13.0 Å². The first kappa shape index (κ1) is 15.1. The van der Waals surface area contributed by atoms with Gasteiger partial charge < -0.3 is 4.74 Å². The average Bonchev–Trinajstić information content (AvgIpc) is 3.12. The fourth-order valence-electron chi connectivity index (χ4n) is 4.40. The molecule has 1 aromatic carbocycles. The second-order valence-electron chi connectivity index (χ2n) is 6.59. The van der Waals surface area contributed by atoms with Crippen LogP contribution in [0, 0.1) is 29.6 Å². The van der Waals surface area contributed by atoms with E-state index in [0.717, 1.165) is 19.3 Å². The van der Waals surface area contributed by atoms with Gasteiger partial charge in [-0.2, -0.15) is 0 Å². The Hall–Kier alpha value is -1.83. The van der Waals surface area contributed by atoms with Crippen molar-refractivity contribution in [1.29, 1.82) is 0 Å². The quantitative estimate of drug-likeness (QED) is 0.610. The van der Waals surface area contributed by atoms with Crippen molar-refractivity contribution in [2.45, 2.75) is 19.3 Å². The van der Waals surface area contributed by atoms with Crippen LogP contribution in [0.15, 0.2) is 49.1 Å². The van der Waals surface area contributed by atoms with E-state index in [-0.39, 0.29) is 11.9 Å². The van der Waals surface area contributed by atoms with E-state index in [0.29, 0.717) is 23.7 Å². The number of allylic oxidation sites excluding steroid dienone is 2. The van der Waals surface area contributed by atoms with Crippen LogP contribution in [-0.4, -0.2) is 13.1 Å². The van der Waals surface area contributed by atoms with Crippen molar-refractivity contribution >= 4 is 12.0 Å². The molecule has 116 valence electrons. The topological polar surface area (TPSA) is 26.3 Å². The summed E-state index contributed by atoms with van der Waals surface area (Å²) in [5.74, 6) is 2.30. The van der Waals surface area contributed by atoms with Crippen molar-refractivity contribution < 1.29 is 9.53 Å². The molecule has 2 fully saturated rings. The monoisotopic (exact) mass is 296 g/mol. The van der Waals surface area contributed by atoms with Gasteiger partial charge in [-0.05, 0) is 48.5 Å². The van der Waals surface area contributed by atoms with Crippen LogP contribution < -0.4 is 0 Å². The molecule has 0 heterocycles. The molecule has 0 saturated heterocycles. The Bertz CT molecular complexity index is 560. The highest BCUT2D eigenvalue weighted by molar-refractivity contribution is 5.72. The normalized spacial score (nSPS) is 33.8. The molecule has 2 aliphatic rings. The van der Waals surface area contributed by atoms with Gasteiger partial charge in [-0.25, -0.2) is 0 Å². The van der Waals surface area contributed by atoms with Crippen LogP contribution in [0.25, 0.3) is 6.08 Å². The maximum absolute atomic E-state index is 11.9. The molecule has 0 N–H and O–H groups in total. The predicted molar refractivity (Wildman–Crippen MR) is 89.0 cm³/mol. The summed E-state index contributed by atoms with van der Waals surface area (Å²) in [6.07, 6.45) is 9.74. The standard InChI is InChI=1S/C20H24O2/c1-3-15-11-16(10-9-14-7-5-4-6-8-14)19-13-17(12-18(15)19)20(21)22-2/h3-10,15-19H,1,11-13H2,2H3/b10-9+. The SMILES string of the molecule is C=CC1CC(/C=C/c2ccccc2)C2CC(C(=O)OC)CC12. The first-order valence-electron chi connectivity index (χ1n) is 8.16. The Balaban J connectivity index is 1.74. The van der Waals surface area contributed by atoms with Crippen LogP contribution in [0.4, 0.5) is 0 Å². The first-order valence-corrected chi connectivity index (χ1v) is 8.16. The summed E-state index contributed by atoms with van der Waals surface area (Å²) in [6, 6.07) is 10.4. The molecule has 2 heteroatoms. The lowest BCUT2D eigenvalue weighted by Crippen LogP contribution is -2.15. The van der Waals surface area contributed by atoms with Gasteiger partial charge in [0, 0.05) is 0 Å². The lowest BCUT2D eigenvalue weighted by molar-refractivity contribution is -0.145. The Morgan fingerprint density at radius 2 is 1.82 bits per heavy atom. The molecule has 0 spiro atoms. The maximum Gasteiger partial charge on any atom is 0.308 e.